The lowest BCUT2D eigenvalue weighted by atomic mass is 9.86. The van der Waals surface area contributed by atoms with E-state index >= 15 is 0 Å². The molecule has 1 saturated carbocycles. The Balaban J connectivity index is 1.89. The van der Waals surface area contributed by atoms with Crippen LogP contribution in [0.2, 0.25) is 0 Å². The van der Waals surface area contributed by atoms with Crippen LogP contribution in [-0.4, -0.2) is 44.8 Å². The molecule has 0 aromatic heterocycles. The summed E-state index contributed by atoms with van der Waals surface area (Å²) in [6, 6.07) is 6.68. The summed E-state index contributed by atoms with van der Waals surface area (Å²) in [5.74, 6) is 0.482. The third-order valence-corrected chi connectivity index (χ3v) is 6.70. The van der Waals surface area contributed by atoms with Gasteiger partial charge in [0.1, 0.15) is 0 Å². The number of nitrogens with zero attached hydrogens (tertiary/aromatic N) is 1. The number of anilines is 1. The maximum Gasteiger partial charge on any atom is 0.243 e. The lowest BCUT2D eigenvalue weighted by Gasteiger charge is -2.29. The predicted octanol–water partition coefficient (Wildman–Crippen LogP) is 2.60. The van der Waals surface area contributed by atoms with Crippen LogP contribution < -0.4 is 10.6 Å². The summed E-state index contributed by atoms with van der Waals surface area (Å²) in [7, 11) is -2.01. The van der Waals surface area contributed by atoms with Crippen molar-refractivity contribution in [1.29, 1.82) is 0 Å². The van der Waals surface area contributed by atoms with Gasteiger partial charge in [-0.05, 0) is 43.0 Å². The fourth-order valence-corrected chi connectivity index (χ4v) is 4.32. The molecule has 144 valence electrons. The van der Waals surface area contributed by atoms with Gasteiger partial charge in [-0.25, -0.2) is 8.42 Å². The van der Waals surface area contributed by atoms with Crippen LogP contribution in [-0.2, 0) is 14.8 Å². The first-order valence-corrected chi connectivity index (χ1v) is 10.5. The molecule has 6 nitrogen and oxygen atoms in total. The molecule has 2 rings (SSSR count). The third kappa shape index (κ3) is 5.32. The first kappa shape index (κ1) is 20.5. The molecule has 2 atom stereocenters. The SMILES string of the molecule is C=CCN(C)S(=O)(=O)c1ccc(NCC(=O)NC2CCCCC2C)cc1. The van der Waals surface area contributed by atoms with Crippen LogP contribution in [0.25, 0.3) is 0 Å². The second-order valence-corrected chi connectivity index (χ2v) is 8.93. The van der Waals surface area contributed by atoms with Gasteiger partial charge >= 0.3 is 0 Å². The van der Waals surface area contributed by atoms with E-state index < -0.39 is 10.0 Å². The molecule has 0 saturated heterocycles. The zero-order chi connectivity index (χ0) is 19.2. The number of carbonyl (C=O) groups is 1. The van der Waals surface area contributed by atoms with Crippen molar-refractivity contribution in [3.05, 3.63) is 36.9 Å². The molecule has 0 radical (unpaired) electrons. The number of likely N-dealkylation sites (N-methyl/N-ethyl adjacent to an activating group) is 1. The molecule has 2 N–H and O–H groups in total. The maximum absolute atomic E-state index is 12.3. The molecule has 1 aromatic carbocycles. The lowest BCUT2D eigenvalue weighted by molar-refractivity contribution is -0.120. The van der Waals surface area contributed by atoms with Crippen molar-refractivity contribution >= 4 is 21.6 Å². The topological polar surface area (TPSA) is 78.5 Å². The maximum atomic E-state index is 12.3. The highest BCUT2D eigenvalue weighted by molar-refractivity contribution is 7.89. The molecule has 1 fully saturated rings. The van der Waals surface area contributed by atoms with E-state index in [1.54, 1.807) is 30.3 Å². The molecule has 7 heteroatoms. The molecule has 1 amide bonds. The number of rotatable bonds is 8. The normalized spacial score (nSPS) is 20.6. The molecule has 1 aliphatic rings. The van der Waals surface area contributed by atoms with Gasteiger partial charge in [0.05, 0.1) is 11.4 Å². The van der Waals surface area contributed by atoms with Gasteiger partial charge in [0.25, 0.3) is 0 Å². The van der Waals surface area contributed by atoms with E-state index in [4.69, 9.17) is 0 Å². The van der Waals surface area contributed by atoms with Crippen LogP contribution in [0.1, 0.15) is 32.6 Å². The Hall–Kier alpha value is -1.86. The Morgan fingerprint density at radius 1 is 1.27 bits per heavy atom. The Morgan fingerprint density at radius 3 is 2.54 bits per heavy atom. The highest BCUT2D eigenvalue weighted by Gasteiger charge is 2.22. The van der Waals surface area contributed by atoms with Crippen molar-refractivity contribution in [1.82, 2.24) is 9.62 Å². The van der Waals surface area contributed by atoms with Crippen molar-refractivity contribution in [2.45, 2.75) is 43.5 Å². The average Bonchev–Trinajstić information content (AvgIpc) is 2.62. The Bertz CT molecular complexity index is 716. The minimum atomic E-state index is -3.52. The standard InChI is InChI=1S/C19H29N3O3S/c1-4-13-22(3)26(24,25)17-11-9-16(10-12-17)20-14-19(23)21-18-8-6-5-7-15(18)2/h4,9-12,15,18,20H,1,5-8,13-14H2,2-3H3,(H,21,23). The second-order valence-electron chi connectivity index (χ2n) is 6.89. The largest absolute Gasteiger partial charge is 0.376 e. The molecule has 1 aromatic rings. The van der Waals surface area contributed by atoms with Crippen LogP contribution in [0.5, 0.6) is 0 Å². The smallest absolute Gasteiger partial charge is 0.243 e. The molecule has 2 unspecified atom stereocenters. The number of amides is 1. The van der Waals surface area contributed by atoms with E-state index in [9.17, 15) is 13.2 Å². The van der Waals surface area contributed by atoms with Crippen LogP contribution in [0.15, 0.2) is 41.8 Å². The van der Waals surface area contributed by atoms with Gasteiger partial charge in [0.15, 0.2) is 0 Å². The summed E-state index contributed by atoms with van der Waals surface area (Å²) in [5, 5.41) is 6.14. The minimum absolute atomic E-state index is 0.0360. The van der Waals surface area contributed by atoms with Gasteiger partial charge in [-0.15, -0.1) is 6.58 Å². The molecule has 0 spiro atoms. The molecule has 0 heterocycles. The van der Waals surface area contributed by atoms with Gasteiger partial charge < -0.3 is 10.6 Å². The van der Waals surface area contributed by atoms with Crippen LogP contribution in [0.3, 0.4) is 0 Å². The lowest BCUT2D eigenvalue weighted by Crippen LogP contribution is -2.43. The Kier molecular flexibility index (Phi) is 7.23. The molecule has 0 aliphatic heterocycles. The highest BCUT2D eigenvalue weighted by atomic mass is 32.2. The van der Waals surface area contributed by atoms with Gasteiger partial charge in [-0.1, -0.05) is 25.8 Å². The van der Waals surface area contributed by atoms with Crippen molar-refractivity contribution in [3.8, 4) is 0 Å². The van der Waals surface area contributed by atoms with Gasteiger partial charge in [-0.3, -0.25) is 4.79 Å². The van der Waals surface area contributed by atoms with Crippen molar-refractivity contribution in [2.75, 3.05) is 25.5 Å². The molecular formula is C19H29N3O3S. The van der Waals surface area contributed by atoms with Crippen molar-refractivity contribution in [3.63, 3.8) is 0 Å². The van der Waals surface area contributed by atoms with Crippen molar-refractivity contribution < 1.29 is 13.2 Å². The summed E-state index contributed by atoms with van der Waals surface area (Å²) in [4.78, 5) is 12.3. The fraction of sp³-hybridized carbons (Fsp3) is 0.526. The fourth-order valence-electron chi connectivity index (χ4n) is 3.18. The highest BCUT2D eigenvalue weighted by Crippen LogP contribution is 2.23. The zero-order valence-electron chi connectivity index (χ0n) is 15.6. The number of nitrogens with one attached hydrogen (secondary N) is 2. The second kappa shape index (κ2) is 9.19. The summed E-state index contributed by atoms with van der Waals surface area (Å²) in [6.07, 6.45) is 6.15. The van der Waals surface area contributed by atoms with Crippen molar-refractivity contribution in [2.24, 2.45) is 5.92 Å². The average molecular weight is 380 g/mol. The van der Waals surface area contributed by atoms with Gasteiger partial charge in [0, 0.05) is 25.3 Å². The number of hydrogen-bond acceptors (Lipinski definition) is 4. The Morgan fingerprint density at radius 2 is 1.92 bits per heavy atom. The first-order chi connectivity index (χ1) is 12.3. The van der Waals surface area contributed by atoms with E-state index in [1.807, 2.05) is 0 Å². The number of hydrogen-bond donors (Lipinski definition) is 2. The third-order valence-electron chi connectivity index (χ3n) is 4.86. The summed E-state index contributed by atoms with van der Waals surface area (Å²) >= 11 is 0. The first-order valence-electron chi connectivity index (χ1n) is 9.05. The summed E-state index contributed by atoms with van der Waals surface area (Å²) in [5.41, 5.74) is 0.710. The number of benzene rings is 1. The van der Waals surface area contributed by atoms with Crippen LogP contribution >= 0.6 is 0 Å². The van der Waals surface area contributed by atoms with E-state index in [-0.39, 0.29) is 29.9 Å². The molecule has 1 aliphatic carbocycles. The van der Waals surface area contributed by atoms with E-state index in [0.717, 1.165) is 12.8 Å². The molecular weight excluding hydrogens is 350 g/mol. The zero-order valence-corrected chi connectivity index (χ0v) is 16.4. The molecule has 0 bridgehead atoms. The van der Waals surface area contributed by atoms with E-state index in [1.165, 1.54) is 24.2 Å². The number of carbonyl (C=O) groups excluding carboxylic acids is 1. The quantitative estimate of drug-likeness (QED) is 0.681. The number of sulfonamides is 1. The van der Waals surface area contributed by atoms with E-state index in [0.29, 0.717) is 11.6 Å². The predicted molar refractivity (Wildman–Crippen MR) is 105 cm³/mol. The molecule has 26 heavy (non-hydrogen) atoms. The monoisotopic (exact) mass is 379 g/mol. The summed E-state index contributed by atoms with van der Waals surface area (Å²) < 4.78 is 25.9. The summed E-state index contributed by atoms with van der Waals surface area (Å²) in [6.45, 7) is 6.16. The minimum Gasteiger partial charge on any atom is -0.376 e. The van der Waals surface area contributed by atoms with Crippen LogP contribution in [0.4, 0.5) is 5.69 Å². The van der Waals surface area contributed by atoms with Crippen LogP contribution in [0, 0.1) is 5.92 Å². The van der Waals surface area contributed by atoms with Gasteiger partial charge in [-0.2, -0.15) is 4.31 Å². The van der Waals surface area contributed by atoms with Gasteiger partial charge in [0.2, 0.25) is 15.9 Å². The van der Waals surface area contributed by atoms with E-state index in [2.05, 4.69) is 24.1 Å². The Labute approximate surface area is 156 Å².